The van der Waals surface area contributed by atoms with Gasteiger partial charge in [-0.05, 0) is 60.2 Å². The molecule has 0 saturated carbocycles. The number of ether oxygens (including phenoxy) is 1. The van der Waals surface area contributed by atoms with Crippen molar-refractivity contribution in [1.29, 1.82) is 0 Å². The number of thioether (sulfide) groups is 1. The van der Waals surface area contributed by atoms with E-state index in [2.05, 4.69) is 30.3 Å². The molecule has 1 atom stereocenters. The van der Waals surface area contributed by atoms with Gasteiger partial charge >= 0.3 is 0 Å². The number of rotatable bonds is 5. The first-order chi connectivity index (χ1) is 10.3. The van der Waals surface area contributed by atoms with E-state index in [1.54, 1.807) is 7.11 Å². The Labute approximate surface area is 130 Å². The Morgan fingerprint density at radius 2 is 2.00 bits per heavy atom. The molecular formula is C18H21NOS. The maximum atomic E-state index is 6.00. The van der Waals surface area contributed by atoms with Gasteiger partial charge in [0.05, 0.1) is 7.11 Å². The van der Waals surface area contributed by atoms with Gasteiger partial charge in [-0.15, -0.1) is 11.8 Å². The second-order valence-corrected chi connectivity index (χ2v) is 6.68. The van der Waals surface area contributed by atoms with Crippen molar-refractivity contribution in [2.24, 2.45) is 5.73 Å². The van der Waals surface area contributed by atoms with Crippen molar-refractivity contribution < 1.29 is 4.74 Å². The van der Waals surface area contributed by atoms with Gasteiger partial charge in [-0.25, -0.2) is 0 Å². The predicted molar refractivity (Wildman–Crippen MR) is 89.1 cm³/mol. The highest BCUT2D eigenvalue weighted by atomic mass is 32.2. The Hall–Kier alpha value is -1.45. The summed E-state index contributed by atoms with van der Waals surface area (Å²) in [7, 11) is 1.70. The monoisotopic (exact) mass is 299 g/mol. The van der Waals surface area contributed by atoms with Gasteiger partial charge in [0.1, 0.15) is 5.75 Å². The Kier molecular flexibility index (Phi) is 4.51. The van der Waals surface area contributed by atoms with Crippen molar-refractivity contribution in [2.75, 3.05) is 13.7 Å². The number of hydrogen-bond acceptors (Lipinski definition) is 3. The number of hydrogen-bond donors (Lipinski definition) is 1. The average Bonchev–Trinajstić information content (AvgIpc) is 3.00. The molecule has 2 aromatic rings. The number of fused-ring (bicyclic) bond motifs is 1. The van der Waals surface area contributed by atoms with Crippen molar-refractivity contribution in [3.8, 4) is 5.75 Å². The molecule has 0 fully saturated rings. The standard InChI is InChI=1S/C18H21NOS/c1-20-16-7-3-6-15(10-16)18(12-19)21-17-9-8-13-4-2-5-14(13)11-17/h3,6-11,18H,2,4-5,12,19H2,1H3. The summed E-state index contributed by atoms with van der Waals surface area (Å²) in [6, 6.07) is 15.1. The minimum atomic E-state index is 0.263. The molecule has 0 aromatic heterocycles. The van der Waals surface area contributed by atoms with Crippen molar-refractivity contribution in [1.82, 2.24) is 0 Å². The van der Waals surface area contributed by atoms with Crippen LogP contribution >= 0.6 is 11.8 Å². The zero-order valence-electron chi connectivity index (χ0n) is 12.3. The third-order valence-electron chi connectivity index (χ3n) is 4.03. The molecule has 1 unspecified atom stereocenters. The fourth-order valence-electron chi connectivity index (χ4n) is 2.88. The van der Waals surface area contributed by atoms with Crippen LogP contribution in [0.1, 0.15) is 28.4 Å². The third kappa shape index (κ3) is 3.25. The number of benzene rings is 2. The van der Waals surface area contributed by atoms with E-state index in [9.17, 15) is 0 Å². The molecule has 3 heteroatoms. The summed E-state index contributed by atoms with van der Waals surface area (Å²) in [5, 5.41) is 0.263. The van der Waals surface area contributed by atoms with E-state index >= 15 is 0 Å². The van der Waals surface area contributed by atoms with Gasteiger partial charge in [0.2, 0.25) is 0 Å². The summed E-state index contributed by atoms with van der Waals surface area (Å²) in [4.78, 5) is 1.31. The molecule has 21 heavy (non-hydrogen) atoms. The predicted octanol–water partition coefficient (Wildman–Crippen LogP) is 3.98. The molecule has 0 heterocycles. The quantitative estimate of drug-likeness (QED) is 0.848. The molecule has 0 aliphatic heterocycles. The molecule has 3 rings (SSSR count). The highest BCUT2D eigenvalue weighted by Gasteiger charge is 2.15. The van der Waals surface area contributed by atoms with E-state index in [0.717, 1.165) is 5.75 Å². The van der Waals surface area contributed by atoms with Crippen LogP contribution in [0.3, 0.4) is 0 Å². The first-order valence-corrected chi connectivity index (χ1v) is 8.30. The SMILES string of the molecule is COc1cccc(C(CN)Sc2ccc3c(c2)CCC3)c1. The molecule has 0 spiro atoms. The van der Waals surface area contributed by atoms with E-state index in [1.807, 2.05) is 23.9 Å². The van der Waals surface area contributed by atoms with Crippen molar-refractivity contribution >= 4 is 11.8 Å². The second-order valence-electron chi connectivity index (χ2n) is 5.40. The molecule has 0 amide bonds. The summed E-state index contributed by atoms with van der Waals surface area (Å²) in [6.45, 7) is 0.620. The van der Waals surface area contributed by atoms with Crippen LogP contribution in [0.15, 0.2) is 47.4 Å². The van der Waals surface area contributed by atoms with E-state index in [-0.39, 0.29) is 5.25 Å². The first kappa shape index (κ1) is 14.5. The van der Waals surface area contributed by atoms with Gasteiger partial charge in [0.15, 0.2) is 0 Å². The fraction of sp³-hybridized carbons (Fsp3) is 0.333. The zero-order valence-corrected chi connectivity index (χ0v) is 13.2. The molecule has 2 aromatic carbocycles. The zero-order chi connectivity index (χ0) is 14.7. The van der Waals surface area contributed by atoms with Crippen LogP contribution in [0.4, 0.5) is 0 Å². The molecule has 2 N–H and O–H groups in total. The molecule has 2 nitrogen and oxygen atoms in total. The molecule has 1 aliphatic carbocycles. The van der Waals surface area contributed by atoms with Crippen LogP contribution in [0.5, 0.6) is 5.75 Å². The summed E-state index contributed by atoms with van der Waals surface area (Å²) >= 11 is 1.85. The molecule has 0 bridgehead atoms. The van der Waals surface area contributed by atoms with Crippen LogP contribution in [-0.4, -0.2) is 13.7 Å². The van der Waals surface area contributed by atoms with Gasteiger partial charge in [0.25, 0.3) is 0 Å². The Bertz CT molecular complexity index is 626. The summed E-state index contributed by atoms with van der Waals surface area (Å²) in [5.41, 5.74) is 10.3. The Morgan fingerprint density at radius 3 is 2.81 bits per heavy atom. The van der Waals surface area contributed by atoms with E-state index in [0.29, 0.717) is 6.54 Å². The molecule has 0 radical (unpaired) electrons. The van der Waals surface area contributed by atoms with E-state index < -0.39 is 0 Å². The normalized spacial score (nSPS) is 14.8. The summed E-state index contributed by atoms with van der Waals surface area (Å²) < 4.78 is 5.31. The number of methoxy groups -OCH3 is 1. The number of aryl methyl sites for hydroxylation is 2. The molecule has 0 saturated heterocycles. The third-order valence-corrected chi connectivity index (χ3v) is 5.30. The average molecular weight is 299 g/mol. The lowest BCUT2D eigenvalue weighted by Gasteiger charge is -2.16. The van der Waals surface area contributed by atoms with Gasteiger partial charge in [-0.3, -0.25) is 0 Å². The largest absolute Gasteiger partial charge is 0.497 e. The topological polar surface area (TPSA) is 35.2 Å². The lowest BCUT2D eigenvalue weighted by Crippen LogP contribution is -2.09. The molecule has 1 aliphatic rings. The minimum absolute atomic E-state index is 0.263. The van der Waals surface area contributed by atoms with Crippen molar-refractivity contribution in [2.45, 2.75) is 29.4 Å². The van der Waals surface area contributed by atoms with Crippen LogP contribution in [0, 0.1) is 0 Å². The Balaban J connectivity index is 1.80. The van der Waals surface area contributed by atoms with E-state index in [4.69, 9.17) is 10.5 Å². The van der Waals surface area contributed by atoms with Gasteiger partial charge in [-0.2, -0.15) is 0 Å². The van der Waals surface area contributed by atoms with Gasteiger partial charge < -0.3 is 10.5 Å². The smallest absolute Gasteiger partial charge is 0.119 e. The van der Waals surface area contributed by atoms with Crippen LogP contribution in [0.25, 0.3) is 0 Å². The maximum Gasteiger partial charge on any atom is 0.119 e. The highest BCUT2D eigenvalue weighted by Crippen LogP contribution is 2.37. The second kappa shape index (κ2) is 6.54. The van der Waals surface area contributed by atoms with Gasteiger partial charge in [0, 0.05) is 16.7 Å². The maximum absolute atomic E-state index is 6.00. The van der Waals surface area contributed by atoms with Gasteiger partial charge in [-0.1, -0.05) is 18.2 Å². The fourth-order valence-corrected chi connectivity index (χ4v) is 3.94. The minimum Gasteiger partial charge on any atom is -0.497 e. The van der Waals surface area contributed by atoms with Crippen LogP contribution < -0.4 is 10.5 Å². The van der Waals surface area contributed by atoms with Crippen molar-refractivity contribution in [3.05, 3.63) is 59.2 Å². The molecule has 110 valence electrons. The Morgan fingerprint density at radius 1 is 1.14 bits per heavy atom. The molecular weight excluding hydrogens is 278 g/mol. The van der Waals surface area contributed by atoms with Crippen LogP contribution in [0.2, 0.25) is 0 Å². The first-order valence-electron chi connectivity index (χ1n) is 7.42. The lowest BCUT2D eigenvalue weighted by atomic mass is 10.1. The summed E-state index contributed by atoms with van der Waals surface area (Å²) in [6.07, 6.45) is 3.74. The van der Waals surface area contributed by atoms with Crippen LogP contribution in [-0.2, 0) is 12.8 Å². The number of nitrogens with two attached hydrogens (primary N) is 1. The van der Waals surface area contributed by atoms with Crippen molar-refractivity contribution in [3.63, 3.8) is 0 Å². The lowest BCUT2D eigenvalue weighted by molar-refractivity contribution is 0.414. The van der Waals surface area contributed by atoms with E-state index in [1.165, 1.54) is 40.8 Å². The highest BCUT2D eigenvalue weighted by molar-refractivity contribution is 7.99. The summed E-state index contributed by atoms with van der Waals surface area (Å²) in [5.74, 6) is 0.889.